The Balaban J connectivity index is 1.07. The SMILES string of the molecule is CCOC(=O)[C@H](Cc1ccc(OCCNC2[C@H]3CN(c4nccs4)C[C@@H]23)cc1)Oc1ccc(C(C)(C)C)cc1. The van der Waals surface area contributed by atoms with Gasteiger partial charge in [-0.15, -0.1) is 11.3 Å². The van der Waals surface area contributed by atoms with E-state index in [1.807, 2.05) is 60.1 Å². The van der Waals surface area contributed by atoms with E-state index in [1.54, 1.807) is 18.3 Å². The van der Waals surface area contributed by atoms with E-state index < -0.39 is 6.10 Å². The number of piperidine rings is 1. The average molecular weight is 550 g/mol. The second kappa shape index (κ2) is 12.0. The first kappa shape index (κ1) is 27.5. The van der Waals surface area contributed by atoms with Gasteiger partial charge in [-0.1, -0.05) is 45.0 Å². The molecule has 39 heavy (non-hydrogen) atoms. The van der Waals surface area contributed by atoms with Crippen LogP contribution in [0.3, 0.4) is 0 Å². The van der Waals surface area contributed by atoms with Crippen molar-refractivity contribution < 1.29 is 19.0 Å². The van der Waals surface area contributed by atoms with Gasteiger partial charge in [-0.2, -0.15) is 0 Å². The Morgan fingerprint density at radius 2 is 1.77 bits per heavy atom. The number of nitrogens with zero attached hydrogens (tertiary/aromatic N) is 2. The van der Waals surface area contributed by atoms with Gasteiger partial charge >= 0.3 is 5.97 Å². The van der Waals surface area contributed by atoms with Gasteiger partial charge in [0.15, 0.2) is 11.2 Å². The van der Waals surface area contributed by atoms with Crippen LogP contribution in [-0.2, 0) is 21.4 Å². The van der Waals surface area contributed by atoms with Gasteiger partial charge in [0.2, 0.25) is 0 Å². The first-order valence-electron chi connectivity index (χ1n) is 13.8. The van der Waals surface area contributed by atoms with E-state index in [0.717, 1.165) is 47.9 Å². The highest BCUT2D eigenvalue weighted by atomic mass is 32.1. The van der Waals surface area contributed by atoms with Gasteiger partial charge in [0.05, 0.1) is 6.61 Å². The van der Waals surface area contributed by atoms with Gasteiger partial charge in [0, 0.05) is 43.7 Å². The lowest BCUT2D eigenvalue weighted by Crippen LogP contribution is -2.33. The third-order valence-corrected chi connectivity index (χ3v) is 8.36. The summed E-state index contributed by atoms with van der Waals surface area (Å²) in [7, 11) is 0. The molecule has 3 aromatic rings. The summed E-state index contributed by atoms with van der Waals surface area (Å²) < 4.78 is 17.3. The number of nitrogens with one attached hydrogen (secondary N) is 1. The Bertz CT molecular complexity index is 1200. The second-order valence-electron chi connectivity index (χ2n) is 11.4. The van der Waals surface area contributed by atoms with Crippen molar-refractivity contribution in [1.82, 2.24) is 10.3 Å². The van der Waals surface area contributed by atoms with Gasteiger partial charge < -0.3 is 24.4 Å². The molecule has 2 fully saturated rings. The Morgan fingerprint density at radius 1 is 1.08 bits per heavy atom. The van der Waals surface area contributed by atoms with Crippen molar-refractivity contribution in [1.29, 1.82) is 0 Å². The smallest absolute Gasteiger partial charge is 0.347 e. The molecular weight excluding hydrogens is 510 g/mol. The van der Waals surface area contributed by atoms with Gasteiger partial charge in [-0.05, 0) is 59.6 Å². The third kappa shape index (κ3) is 6.92. The molecule has 1 saturated carbocycles. The zero-order valence-corrected chi connectivity index (χ0v) is 24.1. The zero-order valence-electron chi connectivity index (χ0n) is 23.3. The number of carbonyl (C=O) groups is 1. The van der Waals surface area contributed by atoms with Crippen LogP contribution >= 0.6 is 11.3 Å². The van der Waals surface area contributed by atoms with E-state index in [2.05, 4.69) is 36.0 Å². The zero-order chi connectivity index (χ0) is 27.4. The second-order valence-corrected chi connectivity index (χ2v) is 12.2. The maximum atomic E-state index is 12.6. The van der Waals surface area contributed by atoms with Crippen LogP contribution in [-0.4, -0.2) is 55.9 Å². The number of carbonyl (C=O) groups excluding carboxylic acids is 1. The molecule has 8 heteroatoms. The molecule has 2 aliphatic rings. The molecule has 1 aliphatic heterocycles. The van der Waals surface area contributed by atoms with Crippen LogP contribution in [0.5, 0.6) is 11.5 Å². The lowest BCUT2D eigenvalue weighted by molar-refractivity contribution is -0.151. The van der Waals surface area contributed by atoms with E-state index in [9.17, 15) is 4.79 Å². The highest BCUT2D eigenvalue weighted by Gasteiger charge is 2.55. The quantitative estimate of drug-likeness (QED) is 0.249. The van der Waals surface area contributed by atoms with Crippen LogP contribution in [0.4, 0.5) is 5.13 Å². The van der Waals surface area contributed by atoms with E-state index >= 15 is 0 Å². The summed E-state index contributed by atoms with van der Waals surface area (Å²) in [6.07, 6.45) is 1.58. The van der Waals surface area contributed by atoms with E-state index in [-0.39, 0.29) is 11.4 Å². The van der Waals surface area contributed by atoms with Crippen molar-refractivity contribution in [2.24, 2.45) is 11.8 Å². The minimum absolute atomic E-state index is 0.0555. The number of hydrogen-bond donors (Lipinski definition) is 1. The molecule has 1 saturated heterocycles. The van der Waals surface area contributed by atoms with Crippen molar-refractivity contribution in [3.05, 3.63) is 71.2 Å². The summed E-state index contributed by atoms with van der Waals surface area (Å²) >= 11 is 1.72. The highest BCUT2D eigenvalue weighted by molar-refractivity contribution is 7.13. The fourth-order valence-corrected chi connectivity index (χ4v) is 5.96. The Morgan fingerprint density at radius 3 is 2.38 bits per heavy atom. The van der Waals surface area contributed by atoms with Crippen molar-refractivity contribution >= 4 is 22.4 Å². The van der Waals surface area contributed by atoms with Gasteiger partial charge in [-0.25, -0.2) is 9.78 Å². The van der Waals surface area contributed by atoms with Gasteiger partial charge in [0.25, 0.3) is 0 Å². The van der Waals surface area contributed by atoms with Crippen LogP contribution in [0.1, 0.15) is 38.8 Å². The molecule has 1 aromatic heterocycles. The van der Waals surface area contributed by atoms with Gasteiger partial charge in [-0.3, -0.25) is 0 Å². The van der Waals surface area contributed by atoms with Gasteiger partial charge in [0.1, 0.15) is 18.1 Å². The number of hydrogen-bond acceptors (Lipinski definition) is 8. The third-order valence-electron chi connectivity index (χ3n) is 7.53. The minimum Gasteiger partial charge on any atom is -0.492 e. The molecule has 7 nitrogen and oxygen atoms in total. The number of ether oxygens (including phenoxy) is 3. The van der Waals surface area contributed by atoms with E-state index in [4.69, 9.17) is 14.2 Å². The standard InChI is InChI=1S/C31H39N3O4S/c1-5-36-29(35)27(38-24-12-8-22(9-13-24)31(2,3)4)18-21-6-10-23(11-7-21)37-16-14-32-28-25-19-34(20-26(25)28)30-33-15-17-39-30/h6-13,15,17,25-28,32H,5,14,16,18-20H2,1-4H3/t25-,26+,27-,28?/m0/s1. The average Bonchev–Trinajstić information content (AvgIpc) is 3.29. The van der Waals surface area contributed by atoms with Crippen molar-refractivity contribution in [2.75, 3.05) is 37.7 Å². The number of aromatic nitrogens is 1. The van der Waals surface area contributed by atoms with Crippen molar-refractivity contribution in [3.8, 4) is 11.5 Å². The van der Waals surface area contributed by atoms with E-state index in [0.29, 0.717) is 31.4 Å². The molecule has 1 unspecified atom stereocenters. The molecule has 2 heterocycles. The fraction of sp³-hybridized carbons (Fsp3) is 0.484. The van der Waals surface area contributed by atoms with E-state index in [1.165, 1.54) is 5.56 Å². The first-order valence-corrected chi connectivity index (χ1v) is 14.7. The predicted molar refractivity (Wildman–Crippen MR) is 155 cm³/mol. The minimum atomic E-state index is -0.717. The summed E-state index contributed by atoms with van der Waals surface area (Å²) in [5.74, 6) is 2.56. The highest BCUT2D eigenvalue weighted by Crippen LogP contribution is 2.46. The topological polar surface area (TPSA) is 72.9 Å². The van der Waals surface area contributed by atoms with Crippen LogP contribution in [0.25, 0.3) is 0 Å². The Hall–Kier alpha value is -3.10. The largest absolute Gasteiger partial charge is 0.492 e. The van der Waals surface area contributed by atoms with Crippen molar-refractivity contribution in [2.45, 2.75) is 51.7 Å². The summed E-state index contributed by atoms with van der Waals surface area (Å²) in [6, 6.07) is 16.4. The predicted octanol–water partition coefficient (Wildman–Crippen LogP) is 5.10. The molecule has 0 bridgehead atoms. The molecule has 0 spiro atoms. The van der Waals surface area contributed by atoms with Crippen LogP contribution in [0.2, 0.25) is 0 Å². The van der Waals surface area contributed by atoms with Crippen LogP contribution < -0.4 is 19.7 Å². The van der Waals surface area contributed by atoms with Crippen LogP contribution in [0, 0.1) is 11.8 Å². The summed E-state index contributed by atoms with van der Waals surface area (Å²) in [6.45, 7) is 12.3. The molecule has 5 rings (SSSR count). The van der Waals surface area contributed by atoms with Crippen LogP contribution in [0.15, 0.2) is 60.1 Å². The summed E-state index contributed by atoms with van der Waals surface area (Å²) in [5, 5.41) is 6.84. The molecule has 0 radical (unpaired) electrons. The normalized spacial score (nSPS) is 20.8. The number of benzene rings is 2. The number of thiazole rings is 1. The molecule has 0 amide bonds. The number of rotatable bonds is 12. The fourth-order valence-electron chi connectivity index (χ4n) is 5.29. The Labute approximate surface area is 235 Å². The lowest BCUT2D eigenvalue weighted by atomic mass is 9.87. The molecule has 4 atom stereocenters. The van der Waals surface area contributed by atoms with Crippen molar-refractivity contribution in [3.63, 3.8) is 0 Å². The maximum absolute atomic E-state index is 12.6. The number of anilines is 1. The Kier molecular flexibility index (Phi) is 8.43. The summed E-state index contributed by atoms with van der Waals surface area (Å²) in [4.78, 5) is 19.5. The number of esters is 1. The molecule has 1 N–H and O–H groups in total. The maximum Gasteiger partial charge on any atom is 0.347 e. The summed E-state index contributed by atoms with van der Waals surface area (Å²) in [5.41, 5.74) is 2.26. The monoisotopic (exact) mass is 549 g/mol. The number of fused-ring (bicyclic) bond motifs is 1. The first-order chi connectivity index (χ1) is 18.8. The lowest BCUT2D eigenvalue weighted by Gasteiger charge is -2.21. The molecular formula is C31H39N3O4S. The molecule has 1 aliphatic carbocycles. The molecule has 2 aromatic carbocycles. The molecule has 208 valence electrons.